The van der Waals surface area contributed by atoms with E-state index in [0.717, 1.165) is 0 Å². The molecule has 0 heterocycles. The number of rotatable bonds is 1. The van der Waals surface area contributed by atoms with Crippen LogP contribution in [-0.4, -0.2) is 8.07 Å². The van der Waals surface area contributed by atoms with Gasteiger partial charge in [0.15, 0.2) is 0 Å². The first kappa shape index (κ1) is 14.0. The summed E-state index contributed by atoms with van der Waals surface area (Å²) in [7, 11) is 8.78. The molecule has 0 aromatic rings. The molecule has 0 aromatic carbocycles. The molecule has 0 spiro atoms. The van der Waals surface area contributed by atoms with E-state index >= 15 is 0 Å². The van der Waals surface area contributed by atoms with E-state index in [1.54, 1.807) is 5.20 Å². The molecule has 0 aromatic heterocycles. The molecule has 0 atom stereocenters. The van der Waals surface area contributed by atoms with E-state index in [4.69, 9.17) is 18.6 Å². The fourth-order valence-electron chi connectivity index (χ4n) is 1.52. The van der Waals surface area contributed by atoms with Crippen molar-refractivity contribution in [3.63, 3.8) is 0 Å². The van der Waals surface area contributed by atoms with Crippen LogP contribution in [0.2, 0.25) is 19.6 Å². The van der Waals surface area contributed by atoms with Crippen molar-refractivity contribution >= 4 is 26.7 Å². The van der Waals surface area contributed by atoms with E-state index in [9.17, 15) is 0 Å². The van der Waals surface area contributed by atoms with Crippen molar-refractivity contribution in [2.24, 2.45) is 0 Å². The van der Waals surface area contributed by atoms with Crippen molar-refractivity contribution in [2.45, 2.75) is 33.0 Å². The molecule has 0 nitrogen and oxygen atoms in total. The molecule has 0 unspecified atom stereocenters. The van der Waals surface area contributed by atoms with Crippen LogP contribution >= 0.6 is 18.6 Å². The second kappa shape index (κ2) is 6.47. The van der Waals surface area contributed by atoms with Crippen LogP contribution in [0.5, 0.6) is 0 Å². The Kier molecular flexibility index (Phi) is 6.96. The summed E-state index contributed by atoms with van der Waals surface area (Å²) < 4.78 is 0. The van der Waals surface area contributed by atoms with Crippen LogP contribution in [0.3, 0.4) is 0 Å². The molecule has 0 bridgehead atoms. The second-order valence-corrected chi connectivity index (χ2v) is 11.7. The van der Waals surface area contributed by atoms with Crippen LogP contribution in [0.4, 0.5) is 0 Å². The van der Waals surface area contributed by atoms with Gasteiger partial charge in [-0.2, -0.15) is 0 Å². The van der Waals surface area contributed by atoms with Crippen LogP contribution in [0, 0.1) is 0 Å². The molecule has 0 amide bonds. The summed E-state index contributed by atoms with van der Waals surface area (Å²) in [6.07, 6.45) is 5.89. The Labute approximate surface area is 99.1 Å². The van der Waals surface area contributed by atoms with Crippen LogP contribution in [0.15, 0.2) is 22.9 Å². The van der Waals surface area contributed by atoms with Gasteiger partial charge in [0.25, 0.3) is 0 Å². The summed E-state index contributed by atoms with van der Waals surface area (Å²) in [6.45, 7) is 9.45. The summed E-state index contributed by atoms with van der Waals surface area (Å²) in [5.74, 6) is 0. The molecule has 0 saturated heterocycles. The van der Waals surface area contributed by atoms with Crippen molar-refractivity contribution in [3.05, 3.63) is 22.9 Å². The molecule has 4 heteroatoms. The molecule has 0 aliphatic heterocycles. The first-order valence-corrected chi connectivity index (χ1v) is 12.1. The van der Waals surface area contributed by atoms with Crippen LogP contribution < -0.4 is 0 Å². The number of hydrogen-bond acceptors (Lipinski definition) is 0. The standard InChI is InChI=1S/C9H16Si.2ClH.Ti/c1-8-6-5-7-9(8)10(2,3)4;;;/h6-7H,5H2,1-4H3;2*1H;/q;;;+2/p-2. The third kappa shape index (κ3) is 5.44. The van der Waals surface area contributed by atoms with Gasteiger partial charge in [-0.05, 0) is 13.3 Å². The molecule has 1 rings (SSSR count). The number of hydrogen-bond donors (Lipinski definition) is 0. The molecule has 13 heavy (non-hydrogen) atoms. The van der Waals surface area contributed by atoms with Gasteiger partial charge in [0, 0.05) is 0 Å². The molecule has 0 radical (unpaired) electrons. The SMILES string of the molecule is CC1=CCC=C1[Si](C)(C)C.[Cl][Ti][Cl]. The van der Waals surface area contributed by atoms with Gasteiger partial charge in [-0.25, -0.2) is 0 Å². The first-order valence-electron chi connectivity index (χ1n) is 4.27. The zero-order valence-corrected chi connectivity index (χ0v) is 12.7. The zero-order valence-electron chi connectivity index (χ0n) is 8.62. The van der Waals surface area contributed by atoms with Gasteiger partial charge in [-0.15, -0.1) is 0 Å². The fourth-order valence-corrected chi connectivity index (χ4v) is 3.54. The van der Waals surface area contributed by atoms with Gasteiger partial charge in [-0.1, -0.05) is 42.6 Å². The maximum atomic E-state index is 4.89. The summed E-state index contributed by atoms with van der Waals surface area (Å²) in [6, 6.07) is 0. The predicted molar refractivity (Wildman–Crippen MR) is 61.5 cm³/mol. The minimum absolute atomic E-state index is 0.556. The monoisotopic (exact) mass is 270 g/mol. The maximum absolute atomic E-state index is 4.89. The van der Waals surface area contributed by atoms with Gasteiger partial charge in [0.1, 0.15) is 0 Å². The molecular formula is C9H16Cl2SiTi. The molecule has 0 fully saturated rings. The van der Waals surface area contributed by atoms with Gasteiger partial charge in [-0.3, -0.25) is 0 Å². The average molecular weight is 271 g/mol. The molecule has 0 N–H and O–H groups in total. The zero-order chi connectivity index (χ0) is 10.5. The second-order valence-electron chi connectivity index (χ2n) is 4.06. The van der Waals surface area contributed by atoms with Crippen molar-refractivity contribution in [1.82, 2.24) is 0 Å². The minimum atomic E-state index is -0.994. The quantitative estimate of drug-likeness (QED) is 0.615. The van der Waals surface area contributed by atoms with E-state index in [2.05, 4.69) is 38.7 Å². The van der Waals surface area contributed by atoms with E-state index in [1.165, 1.54) is 12.0 Å². The number of halogens is 2. The van der Waals surface area contributed by atoms with Crippen molar-refractivity contribution in [2.75, 3.05) is 0 Å². The fraction of sp³-hybridized carbons (Fsp3) is 0.556. The predicted octanol–water partition coefficient (Wildman–Crippen LogP) is 4.52. The Balaban J connectivity index is 0.000000424. The Bertz CT molecular complexity index is 216. The van der Waals surface area contributed by atoms with Crippen LogP contribution in [0.1, 0.15) is 13.3 Å². The Morgan fingerprint density at radius 3 is 1.85 bits per heavy atom. The third-order valence-electron chi connectivity index (χ3n) is 1.98. The van der Waals surface area contributed by atoms with Gasteiger partial charge < -0.3 is 0 Å². The van der Waals surface area contributed by atoms with Crippen LogP contribution in [0.25, 0.3) is 0 Å². The number of allylic oxidation sites excluding steroid dienone is 4. The van der Waals surface area contributed by atoms with E-state index in [1.807, 2.05) is 0 Å². The van der Waals surface area contributed by atoms with Gasteiger partial charge in [0.2, 0.25) is 0 Å². The molecule has 1 aliphatic rings. The summed E-state index contributed by atoms with van der Waals surface area (Å²) in [5.41, 5.74) is 1.53. The van der Waals surface area contributed by atoms with Crippen molar-refractivity contribution < 1.29 is 17.0 Å². The Morgan fingerprint density at radius 2 is 1.69 bits per heavy atom. The Hall–Kier alpha value is 0.991. The van der Waals surface area contributed by atoms with Crippen molar-refractivity contribution in [3.8, 4) is 0 Å². The summed E-state index contributed by atoms with van der Waals surface area (Å²) >= 11 is -0.556. The van der Waals surface area contributed by atoms with Crippen molar-refractivity contribution in [1.29, 1.82) is 0 Å². The normalized spacial score (nSPS) is 15.5. The first-order chi connectivity index (χ1) is 5.93. The molecular weight excluding hydrogens is 255 g/mol. The van der Waals surface area contributed by atoms with E-state index < -0.39 is 25.1 Å². The summed E-state index contributed by atoms with van der Waals surface area (Å²) in [5, 5.41) is 1.66. The molecule has 1 aliphatic carbocycles. The summed E-state index contributed by atoms with van der Waals surface area (Å²) in [4.78, 5) is 0. The van der Waals surface area contributed by atoms with Crippen LogP contribution in [-0.2, 0) is 17.0 Å². The Morgan fingerprint density at radius 1 is 1.23 bits per heavy atom. The van der Waals surface area contributed by atoms with Gasteiger partial charge >= 0.3 is 35.6 Å². The average Bonchev–Trinajstić information content (AvgIpc) is 2.35. The van der Waals surface area contributed by atoms with E-state index in [0.29, 0.717) is 0 Å². The van der Waals surface area contributed by atoms with E-state index in [-0.39, 0.29) is 0 Å². The third-order valence-corrected chi connectivity index (χ3v) is 4.19. The molecule has 0 saturated carbocycles. The topological polar surface area (TPSA) is 0 Å². The van der Waals surface area contributed by atoms with Gasteiger partial charge in [0.05, 0.1) is 8.07 Å². The molecule has 74 valence electrons.